The maximum absolute atomic E-state index is 13.0. The number of para-hydroxylation sites is 1. The highest BCUT2D eigenvalue weighted by atomic mass is 16.5. The van der Waals surface area contributed by atoms with E-state index in [1.807, 2.05) is 84.9 Å². The Morgan fingerprint density at radius 1 is 0.857 bits per heavy atom. The van der Waals surface area contributed by atoms with Crippen LogP contribution in [-0.2, 0) is 13.1 Å². The van der Waals surface area contributed by atoms with Crippen LogP contribution in [0.4, 0.5) is 0 Å². The van der Waals surface area contributed by atoms with Gasteiger partial charge in [0.2, 0.25) is 0 Å². The Morgan fingerprint density at radius 2 is 1.51 bits per heavy atom. The topological polar surface area (TPSA) is 81.2 Å². The molecule has 0 saturated carbocycles. The van der Waals surface area contributed by atoms with Crippen molar-refractivity contribution in [1.29, 1.82) is 0 Å². The molecule has 3 aromatic carbocycles. The molecule has 7 heteroatoms. The first-order valence-electron chi connectivity index (χ1n) is 11.3. The number of rotatable bonds is 8. The zero-order chi connectivity index (χ0) is 24.2. The van der Waals surface area contributed by atoms with Crippen molar-refractivity contribution < 1.29 is 9.47 Å². The van der Waals surface area contributed by atoms with E-state index in [4.69, 9.17) is 14.6 Å². The van der Waals surface area contributed by atoms with E-state index in [0.29, 0.717) is 24.3 Å². The number of aromatic amines is 1. The molecule has 0 aliphatic heterocycles. The van der Waals surface area contributed by atoms with Crippen LogP contribution in [0.5, 0.6) is 11.5 Å². The molecule has 176 valence electrons. The van der Waals surface area contributed by atoms with Gasteiger partial charge in [-0.1, -0.05) is 30.3 Å². The Hall–Kier alpha value is -4.36. The van der Waals surface area contributed by atoms with E-state index in [1.165, 1.54) is 0 Å². The van der Waals surface area contributed by atoms with E-state index in [-0.39, 0.29) is 5.56 Å². The van der Waals surface area contributed by atoms with Crippen molar-refractivity contribution in [1.82, 2.24) is 20.1 Å². The SMILES string of the molecule is COc1ccc(CNCc2cc3c(-c4ccc(OC)cc4)nn(-c4ccccc4)c3[nH]c2=O)cc1. The van der Waals surface area contributed by atoms with Gasteiger partial charge in [-0.25, -0.2) is 4.68 Å². The van der Waals surface area contributed by atoms with Crippen molar-refractivity contribution >= 4 is 11.0 Å². The van der Waals surface area contributed by atoms with Gasteiger partial charge in [0.1, 0.15) is 22.8 Å². The molecule has 0 aliphatic rings. The van der Waals surface area contributed by atoms with Crippen molar-refractivity contribution in [2.45, 2.75) is 13.1 Å². The van der Waals surface area contributed by atoms with Gasteiger partial charge in [0, 0.05) is 29.6 Å². The molecule has 0 unspecified atom stereocenters. The summed E-state index contributed by atoms with van der Waals surface area (Å²) in [5.41, 5.74) is 4.88. The number of nitrogens with zero attached hydrogens (tertiary/aromatic N) is 2. The molecular weight excluding hydrogens is 440 g/mol. The quantitative estimate of drug-likeness (QED) is 0.347. The van der Waals surface area contributed by atoms with Crippen LogP contribution in [0.25, 0.3) is 28.0 Å². The van der Waals surface area contributed by atoms with Crippen molar-refractivity contribution in [3.63, 3.8) is 0 Å². The molecule has 5 rings (SSSR count). The Kier molecular flexibility index (Phi) is 6.32. The second-order valence-corrected chi connectivity index (χ2v) is 8.16. The second kappa shape index (κ2) is 9.87. The third kappa shape index (κ3) is 4.67. The van der Waals surface area contributed by atoms with Crippen LogP contribution in [0, 0.1) is 0 Å². The molecule has 0 bridgehead atoms. The van der Waals surface area contributed by atoms with Crippen molar-refractivity contribution in [2.75, 3.05) is 14.2 Å². The molecule has 0 saturated heterocycles. The fourth-order valence-electron chi connectivity index (χ4n) is 4.05. The van der Waals surface area contributed by atoms with Gasteiger partial charge in [-0.2, -0.15) is 5.10 Å². The van der Waals surface area contributed by atoms with Crippen molar-refractivity contribution in [2.24, 2.45) is 0 Å². The Morgan fingerprint density at radius 3 is 2.17 bits per heavy atom. The molecule has 0 fully saturated rings. The second-order valence-electron chi connectivity index (χ2n) is 8.16. The molecule has 0 aliphatic carbocycles. The monoisotopic (exact) mass is 466 g/mol. The molecule has 0 spiro atoms. The number of H-pyrrole nitrogens is 1. The zero-order valence-electron chi connectivity index (χ0n) is 19.6. The Labute approximate surface area is 203 Å². The summed E-state index contributed by atoms with van der Waals surface area (Å²) in [5, 5.41) is 9.13. The molecule has 0 radical (unpaired) electrons. The van der Waals surface area contributed by atoms with Crippen LogP contribution in [0.1, 0.15) is 11.1 Å². The molecule has 0 atom stereocenters. The zero-order valence-corrected chi connectivity index (χ0v) is 19.6. The Balaban J connectivity index is 1.51. The van der Waals surface area contributed by atoms with Crippen LogP contribution < -0.4 is 20.3 Å². The van der Waals surface area contributed by atoms with Crippen LogP contribution in [0.2, 0.25) is 0 Å². The van der Waals surface area contributed by atoms with Crippen molar-refractivity contribution in [3.05, 3.63) is 106 Å². The van der Waals surface area contributed by atoms with E-state index >= 15 is 0 Å². The third-order valence-electron chi connectivity index (χ3n) is 5.93. The summed E-state index contributed by atoms with van der Waals surface area (Å²) in [6.07, 6.45) is 0. The highest BCUT2D eigenvalue weighted by Gasteiger charge is 2.17. The largest absolute Gasteiger partial charge is 0.497 e. The van der Waals surface area contributed by atoms with Gasteiger partial charge in [-0.15, -0.1) is 0 Å². The van der Waals surface area contributed by atoms with Gasteiger partial charge in [-0.3, -0.25) is 4.79 Å². The number of nitrogens with one attached hydrogen (secondary N) is 2. The minimum Gasteiger partial charge on any atom is -0.497 e. The fourth-order valence-corrected chi connectivity index (χ4v) is 4.05. The molecule has 2 N–H and O–H groups in total. The number of benzene rings is 3. The lowest BCUT2D eigenvalue weighted by molar-refractivity contribution is 0.414. The average molecular weight is 467 g/mol. The first kappa shape index (κ1) is 22.4. The number of ether oxygens (including phenoxy) is 2. The summed E-state index contributed by atoms with van der Waals surface area (Å²) >= 11 is 0. The van der Waals surface area contributed by atoms with E-state index in [2.05, 4.69) is 10.3 Å². The lowest BCUT2D eigenvalue weighted by Crippen LogP contribution is -2.21. The number of hydrogen-bond donors (Lipinski definition) is 2. The minimum atomic E-state index is -0.141. The maximum atomic E-state index is 13.0. The molecular formula is C28H26N4O3. The summed E-state index contributed by atoms with van der Waals surface area (Å²) in [5.74, 6) is 1.59. The standard InChI is InChI=1S/C28H26N4O3/c1-34-23-12-8-19(9-13-23)17-29-18-21-16-25-26(20-10-14-24(35-2)15-11-20)31-32(27(25)30-28(21)33)22-6-4-3-5-7-22/h3-16,29H,17-18H2,1-2H3,(H,30,33). The Bertz CT molecular complexity index is 1490. The fraction of sp³-hybridized carbons (Fsp3) is 0.143. The average Bonchev–Trinajstić information content (AvgIpc) is 3.28. The van der Waals surface area contributed by atoms with E-state index < -0.39 is 0 Å². The van der Waals surface area contributed by atoms with Crippen molar-refractivity contribution in [3.8, 4) is 28.4 Å². The third-order valence-corrected chi connectivity index (χ3v) is 5.93. The normalized spacial score (nSPS) is 11.0. The van der Waals surface area contributed by atoms with E-state index in [9.17, 15) is 4.79 Å². The number of hydrogen-bond acceptors (Lipinski definition) is 5. The van der Waals surface area contributed by atoms with Gasteiger partial charge in [0.15, 0.2) is 0 Å². The smallest absolute Gasteiger partial charge is 0.254 e. The minimum absolute atomic E-state index is 0.141. The molecule has 2 heterocycles. The van der Waals surface area contributed by atoms with Crippen LogP contribution in [0.15, 0.2) is 89.7 Å². The van der Waals surface area contributed by atoms with Gasteiger partial charge in [-0.05, 0) is 60.2 Å². The lowest BCUT2D eigenvalue weighted by atomic mass is 10.1. The van der Waals surface area contributed by atoms with E-state index in [1.54, 1.807) is 18.9 Å². The summed E-state index contributed by atoms with van der Waals surface area (Å²) in [4.78, 5) is 16.1. The number of methoxy groups -OCH3 is 2. The van der Waals surface area contributed by atoms with Gasteiger partial charge >= 0.3 is 0 Å². The van der Waals surface area contributed by atoms with Gasteiger partial charge in [0.05, 0.1) is 19.9 Å². The van der Waals surface area contributed by atoms with Crippen LogP contribution >= 0.6 is 0 Å². The number of fused-ring (bicyclic) bond motifs is 1. The summed E-state index contributed by atoms with van der Waals surface area (Å²) in [7, 11) is 3.29. The lowest BCUT2D eigenvalue weighted by Gasteiger charge is -2.07. The molecule has 7 nitrogen and oxygen atoms in total. The highest BCUT2D eigenvalue weighted by Crippen LogP contribution is 2.30. The predicted molar refractivity (Wildman–Crippen MR) is 137 cm³/mol. The maximum Gasteiger partial charge on any atom is 0.254 e. The highest BCUT2D eigenvalue weighted by molar-refractivity contribution is 5.92. The summed E-state index contributed by atoms with van der Waals surface area (Å²) in [6.45, 7) is 1.06. The molecule has 5 aromatic rings. The van der Waals surface area contributed by atoms with Gasteiger partial charge in [0.25, 0.3) is 5.56 Å². The van der Waals surface area contributed by atoms with Crippen LogP contribution in [0.3, 0.4) is 0 Å². The van der Waals surface area contributed by atoms with Crippen LogP contribution in [-0.4, -0.2) is 29.0 Å². The van der Waals surface area contributed by atoms with Gasteiger partial charge < -0.3 is 19.8 Å². The first-order chi connectivity index (χ1) is 17.2. The number of pyridine rings is 1. The summed E-state index contributed by atoms with van der Waals surface area (Å²) in [6, 6.07) is 27.3. The number of aromatic nitrogens is 3. The summed E-state index contributed by atoms with van der Waals surface area (Å²) < 4.78 is 12.3. The molecule has 0 amide bonds. The molecule has 2 aromatic heterocycles. The molecule has 35 heavy (non-hydrogen) atoms. The first-order valence-corrected chi connectivity index (χ1v) is 11.3. The predicted octanol–water partition coefficient (Wildman–Crippen LogP) is 4.69. The van der Waals surface area contributed by atoms with E-state index in [0.717, 1.165) is 39.4 Å².